The Bertz CT molecular complexity index is 1560. The van der Waals surface area contributed by atoms with Gasteiger partial charge >= 0.3 is 5.97 Å². The van der Waals surface area contributed by atoms with Crippen LogP contribution in [0.3, 0.4) is 0 Å². The molecule has 0 saturated heterocycles. The molecule has 0 saturated carbocycles. The second-order valence-electron chi connectivity index (χ2n) is 10.4. The lowest BCUT2D eigenvalue weighted by Gasteiger charge is -2.30. The van der Waals surface area contributed by atoms with Gasteiger partial charge in [0.15, 0.2) is 6.10 Å². The highest BCUT2D eigenvalue weighted by molar-refractivity contribution is 6.14. The van der Waals surface area contributed by atoms with Crippen LogP contribution in [-0.4, -0.2) is 34.2 Å². The molecule has 1 aliphatic heterocycles. The predicted octanol–water partition coefficient (Wildman–Crippen LogP) is 6.20. The van der Waals surface area contributed by atoms with Crippen LogP contribution in [0.2, 0.25) is 0 Å². The first kappa shape index (κ1) is 24.7. The van der Waals surface area contributed by atoms with Crippen LogP contribution in [0.15, 0.2) is 48.7 Å². The molecular formula is C30H30N2O5. The standard InChI is InChI=1S/C30H30N2O5/c1-16-23(28(29(34)35)37-30(3,4)5)25(19-8-6-7-9-20(19)26(16)32-17(2)33)21-10-11-22-24-18(13-15-36-22)12-14-31-27(21)24/h6-12,14,28H,13,15H2,1-5H3,(H,32,33)(H,34,35). The van der Waals surface area contributed by atoms with Crippen molar-refractivity contribution in [2.45, 2.75) is 52.7 Å². The van der Waals surface area contributed by atoms with Gasteiger partial charge in [0.05, 0.1) is 23.4 Å². The maximum Gasteiger partial charge on any atom is 0.337 e. The molecule has 0 radical (unpaired) electrons. The van der Waals surface area contributed by atoms with Crippen LogP contribution in [0.25, 0.3) is 32.8 Å². The number of aliphatic carboxylic acids is 1. The SMILES string of the molecule is CC(=O)Nc1c(C)c(C(OC(C)(C)C)C(=O)O)c(-c2ccc3c4c(ccnc24)CCO3)c2ccccc12. The molecule has 0 fully saturated rings. The summed E-state index contributed by atoms with van der Waals surface area (Å²) in [4.78, 5) is 29.7. The van der Waals surface area contributed by atoms with Crippen molar-refractivity contribution in [3.8, 4) is 16.9 Å². The van der Waals surface area contributed by atoms with Gasteiger partial charge in [-0.15, -0.1) is 0 Å². The monoisotopic (exact) mass is 498 g/mol. The van der Waals surface area contributed by atoms with E-state index in [1.807, 2.05) is 70.2 Å². The molecular weight excluding hydrogens is 468 g/mol. The summed E-state index contributed by atoms with van der Waals surface area (Å²) in [6.07, 6.45) is 1.28. The van der Waals surface area contributed by atoms with Gasteiger partial charge in [-0.25, -0.2) is 4.79 Å². The van der Waals surface area contributed by atoms with E-state index in [9.17, 15) is 14.7 Å². The number of hydrogen-bond acceptors (Lipinski definition) is 5. The highest BCUT2D eigenvalue weighted by atomic mass is 16.5. The van der Waals surface area contributed by atoms with Crippen molar-refractivity contribution in [1.29, 1.82) is 0 Å². The van der Waals surface area contributed by atoms with E-state index in [1.54, 1.807) is 6.20 Å². The van der Waals surface area contributed by atoms with E-state index >= 15 is 0 Å². The maximum atomic E-state index is 12.8. The molecule has 5 rings (SSSR count). The van der Waals surface area contributed by atoms with Crippen molar-refractivity contribution in [1.82, 2.24) is 4.98 Å². The van der Waals surface area contributed by atoms with Crippen LogP contribution in [0.1, 0.15) is 50.5 Å². The fourth-order valence-corrected chi connectivity index (χ4v) is 5.23. The topological polar surface area (TPSA) is 97.8 Å². The van der Waals surface area contributed by atoms with E-state index in [-0.39, 0.29) is 5.91 Å². The highest BCUT2D eigenvalue weighted by Crippen LogP contribution is 2.47. The first-order chi connectivity index (χ1) is 17.6. The Kier molecular flexibility index (Phi) is 6.12. The number of pyridine rings is 1. The average Bonchev–Trinajstić information content (AvgIpc) is 2.84. The summed E-state index contributed by atoms with van der Waals surface area (Å²) >= 11 is 0. The second-order valence-corrected chi connectivity index (χ2v) is 10.4. The lowest BCUT2D eigenvalue weighted by atomic mass is 9.84. The number of aromatic nitrogens is 1. The second kappa shape index (κ2) is 9.16. The van der Waals surface area contributed by atoms with Gasteiger partial charge in [-0.3, -0.25) is 9.78 Å². The third-order valence-corrected chi connectivity index (χ3v) is 6.61. The average molecular weight is 499 g/mol. The quantitative estimate of drug-likeness (QED) is 0.340. The lowest BCUT2D eigenvalue weighted by Crippen LogP contribution is -2.28. The van der Waals surface area contributed by atoms with Gasteiger partial charge in [0.1, 0.15) is 5.75 Å². The zero-order valence-corrected chi connectivity index (χ0v) is 21.6. The number of anilines is 1. The first-order valence-electron chi connectivity index (χ1n) is 12.3. The van der Waals surface area contributed by atoms with Crippen LogP contribution in [0.5, 0.6) is 5.75 Å². The maximum absolute atomic E-state index is 12.8. The highest BCUT2D eigenvalue weighted by Gasteiger charge is 2.34. The number of benzene rings is 3. The largest absolute Gasteiger partial charge is 0.493 e. The van der Waals surface area contributed by atoms with Crippen LogP contribution < -0.4 is 10.1 Å². The number of fused-ring (bicyclic) bond motifs is 1. The smallest absolute Gasteiger partial charge is 0.337 e. The number of carboxylic acid groups (broad SMARTS) is 1. The Balaban J connectivity index is 1.96. The Hall–Kier alpha value is -3.97. The van der Waals surface area contributed by atoms with Gasteiger partial charge in [0, 0.05) is 41.4 Å². The summed E-state index contributed by atoms with van der Waals surface area (Å²) in [6, 6.07) is 13.6. The number of ether oxygens (including phenoxy) is 2. The fourth-order valence-electron chi connectivity index (χ4n) is 5.23. The summed E-state index contributed by atoms with van der Waals surface area (Å²) in [5.74, 6) is -0.579. The molecule has 1 unspecified atom stereocenters. The summed E-state index contributed by atoms with van der Waals surface area (Å²) in [6.45, 7) is 9.36. The predicted molar refractivity (Wildman–Crippen MR) is 144 cm³/mol. The van der Waals surface area contributed by atoms with Gasteiger partial charge < -0.3 is 19.9 Å². The minimum absolute atomic E-state index is 0.240. The number of hydrogen-bond donors (Lipinski definition) is 2. The van der Waals surface area contributed by atoms with Crippen molar-refractivity contribution in [2.24, 2.45) is 0 Å². The number of carbonyl (C=O) groups excluding carboxylic acids is 1. The summed E-state index contributed by atoms with van der Waals surface area (Å²) < 4.78 is 12.1. The van der Waals surface area contributed by atoms with Gasteiger partial charge in [-0.05, 0) is 68.0 Å². The molecule has 3 aromatic carbocycles. The van der Waals surface area contributed by atoms with Crippen LogP contribution in [-0.2, 0) is 20.7 Å². The minimum Gasteiger partial charge on any atom is -0.493 e. The number of rotatable bonds is 5. The lowest BCUT2D eigenvalue weighted by molar-refractivity contribution is -0.160. The molecule has 2 N–H and O–H groups in total. The van der Waals surface area contributed by atoms with Gasteiger partial charge in [0.2, 0.25) is 5.91 Å². The van der Waals surface area contributed by atoms with Crippen LogP contribution >= 0.6 is 0 Å². The molecule has 0 aliphatic carbocycles. The van der Waals surface area contributed by atoms with E-state index in [0.29, 0.717) is 23.4 Å². The fraction of sp³-hybridized carbons (Fsp3) is 0.300. The molecule has 7 nitrogen and oxygen atoms in total. The Morgan fingerprint density at radius 2 is 1.84 bits per heavy atom. The molecule has 1 amide bonds. The Labute approximate surface area is 215 Å². The summed E-state index contributed by atoms with van der Waals surface area (Å²) in [5, 5.41) is 15.9. The van der Waals surface area contributed by atoms with E-state index in [4.69, 9.17) is 14.5 Å². The minimum atomic E-state index is -1.28. The zero-order valence-electron chi connectivity index (χ0n) is 21.6. The van der Waals surface area contributed by atoms with E-state index in [1.165, 1.54) is 6.92 Å². The molecule has 0 bridgehead atoms. The van der Waals surface area contributed by atoms with E-state index in [0.717, 1.165) is 50.5 Å². The normalized spacial score (nSPS) is 13.9. The van der Waals surface area contributed by atoms with Crippen molar-refractivity contribution < 1.29 is 24.2 Å². The first-order valence-corrected chi connectivity index (χ1v) is 12.3. The molecule has 37 heavy (non-hydrogen) atoms. The molecule has 190 valence electrons. The van der Waals surface area contributed by atoms with Gasteiger partial charge in [0.25, 0.3) is 0 Å². The molecule has 1 atom stereocenters. The summed E-state index contributed by atoms with van der Waals surface area (Å²) in [5.41, 5.74) is 4.36. The number of nitrogens with zero attached hydrogens (tertiary/aromatic N) is 1. The third-order valence-electron chi connectivity index (χ3n) is 6.61. The molecule has 7 heteroatoms. The van der Waals surface area contributed by atoms with Gasteiger partial charge in [-0.2, -0.15) is 0 Å². The molecule has 4 aromatic rings. The molecule has 2 heterocycles. The third kappa shape index (κ3) is 4.40. The number of amides is 1. The zero-order chi connectivity index (χ0) is 26.5. The number of nitrogens with one attached hydrogen (secondary N) is 1. The van der Waals surface area contributed by atoms with Crippen LogP contribution in [0, 0.1) is 6.92 Å². The van der Waals surface area contributed by atoms with Crippen molar-refractivity contribution in [3.63, 3.8) is 0 Å². The molecule has 1 aliphatic rings. The number of carboxylic acids is 1. The summed E-state index contributed by atoms with van der Waals surface area (Å²) in [7, 11) is 0. The van der Waals surface area contributed by atoms with Crippen molar-refractivity contribution in [3.05, 3.63) is 65.4 Å². The Morgan fingerprint density at radius 1 is 1.11 bits per heavy atom. The van der Waals surface area contributed by atoms with Crippen molar-refractivity contribution >= 4 is 39.2 Å². The van der Waals surface area contributed by atoms with Crippen LogP contribution in [0.4, 0.5) is 5.69 Å². The molecule has 0 spiro atoms. The van der Waals surface area contributed by atoms with E-state index < -0.39 is 17.7 Å². The molecule has 1 aromatic heterocycles. The van der Waals surface area contributed by atoms with Crippen molar-refractivity contribution in [2.75, 3.05) is 11.9 Å². The number of carbonyl (C=O) groups is 2. The Morgan fingerprint density at radius 3 is 2.51 bits per heavy atom. The van der Waals surface area contributed by atoms with E-state index in [2.05, 4.69) is 5.32 Å². The van der Waals surface area contributed by atoms with Gasteiger partial charge in [-0.1, -0.05) is 24.3 Å².